The van der Waals surface area contributed by atoms with Gasteiger partial charge >= 0.3 is 6.09 Å². The van der Waals surface area contributed by atoms with Gasteiger partial charge in [-0.05, 0) is 67.3 Å². The van der Waals surface area contributed by atoms with Crippen LogP contribution in [0.2, 0.25) is 5.02 Å². The van der Waals surface area contributed by atoms with E-state index >= 15 is 0 Å². The lowest BCUT2D eigenvalue weighted by atomic mass is 10.00. The second-order valence-corrected chi connectivity index (χ2v) is 9.67. The number of amides is 3. The zero-order chi connectivity index (χ0) is 25.2. The molecule has 1 saturated heterocycles. The summed E-state index contributed by atoms with van der Waals surface area (Å²) in [6, 6.07) is 20.8. The molecule has 0 unspecified atom stereocenters. The van der Waals surface area contributed by atoms with Gasteiger partial charge in [0.05, 0.1) is 6.54 Å². The van der Waals surface area contributed by atoms with Crippen LogP contribution in [0.3, 0.4) is 0 Å². The zero-order valence-corrected chi connectivity index (χ0v) is 20.5. The van der Waals surface area contributed by atoms with Crippen molar-refractivity contribution in [2.75, 3.05) is 5.32 Å². The molecule has 1 heterocycles. The largest absolute Gasteiger partial charge is 0.438 e. The number of anilines is 1. The van der Waals surface area contributed by atoms with Crippen molar-refractivity contribution in [3.63, 3.8) is 0 Å². The molecule has 0 spiro atoms. The number of hydrogen-bond acceptors (Lipinski definition) is 4. The predicted molar refractivity (Wildman–Crippen MR) is 137 cm³/mol. The molecule has 7 nitrogen and oxygen atoms in total. The van der Waals surface area contributed by atoms with Crippen LogP contribution in [0.5, 0.6) is 0 Å². The minimum Gasteiger partial charge on any atom is -0.438 e. The summed E-state index contributed by atoms with van der Waals surface area (Å²) in [7, 11) is 0. The maximum Gasteiger partial charge on any atom is 0.411 e. The molecular formula is C28H26ClN3O4. The lowest BCUT2D eigenvalue weighted by Gasteiger charge is -2.24. The molecule has 3 amide bonds. The summed E-state index contributed by atoms with van der Waals surface area (Å²) >= 11 is 6.13. The maximum atomic E-state index is 13.3. The van der Waals surface area contributed by atoms with Crippen LogP contribution in [0, 0.1) is 6.92 Å². The standard InChI is InChI=1S/C28H26ClN3O4/c1-17-8-10-19(11-9-17)26(33)31-23-7-3-5-20(15-23)25-24(27(34)30-22-12-13-22)32(28(35)36-25)16-18-4-2-6-21(29)14-18/h2-11,14-15,22,24-25H,12-13,16H2,1H3,(H,30,34)(H,31,33)/t24-,25-/m0/s1. The van der Waals surface area contributed by atoms with Crippen molar-refractivity contribution in [3.8, 4) is 0 Å². The Balaban J connectivity index is 1.40. The van der Waals surface area contributed by atoms with Crippen LogP contribution >= 0.6 is 11.6 Å². The van der Waals surface area contributed by atoms with Gasteiger partial charge in [-0.1, -0.05) is 53.6 Å². The Hall–Kier alpha value is -3.84. The molecule has 2 fully saturated rings. The molecule has 5 rings (SSSR count). The quantitative estimate of drug-likeness (QED) is 0.461. The second kappa shape index (κ2) is 10.0. The van der Waals surface area contributed by atoms with Crippen molar-refractivity contribution in [1.82, 2.24) is 10.2 Å². The van der Waals surface area contributed by atoms with E-state index in [-0.39, 0.29) is 24.4 Å². The van der Waals surface area contributed by atoms with Gasteiger partial charge in [0.15, 0.2) is 12.1 Å². The Morgan fingerprint density at radius 1 is 1.03 bits per heavy atom. The van der Waals surface area contributed by atoms with Gasteiger partial charge < -0.3 is 15.4 Å². The van der Waals surface area contributed by atoms with Crippen LogP contribution in [0.15, 0.2) is 72.8 Å². The van der Waals surface area contributed by atoms with E-state index in [2.05, 4.69) is 10.6 Å². The van der Waals surface area contributed by atoms with Crippen molar-refractivity contribution in [1.29, 1.82) is 0 Å². The van der Waals surface area contributed by atoms with E-state index in [1.165, 1.54) is 4.90 Å². The van der Waals surface area contributed by atoms with Gasteiger partial charge in [-0.2, -0.15) is 0 Å². The third-order valence-electron chi connectivity index (χ3n) is 6.31. The third-order valence-corrected chi connectivity index (χ3v) is 6.54. The van der Waals surface area contributed by atoms with E-state index < -0.39 is 18.2 Å². The van der Waals surface area contributed by atoms with Crippen LogP contribution in [0.4, 0.5) is 10.5 Å². The minimum absolute atomic E-state index is 0.127. The van der Waals surface area contributed by atoms with Crippen molar-refractivity contribution in [2.45, 2.75) is 44.5 Å². The Bertz CT molecular complexity index is 1310. The van der Waals surface area contributed by atoms with E-state index in [0.29, 0.717) is 21.8 Å². The summed E-state index contributed by atoms with van der Waals surface area (Å²) in [6.45, 7) is 2.14. The summed E-state index contributed by atoms with van der Waals surface area (Å²) in [4.78, 5) is 40.4. The first-order chi connectivity index (χ1) is 17.4. The normalized spacial score (nSPS) is 19.1. The smallest absolute Gasteiger partial charge is 0.411 e. The topological polar surface area (TPSA) is 87.7 Å². The summed E-state index contributed by atoms with van der Waals surface area (Å²) < 4.78 is 5.74. The number of hydrogen-bond donors (Lipinski definition) is 2. The summed E-state index contributed by atoms with van der Waals surface area (Å²) in [6.07, 6.45) is 0.441. The molecule has 0 radical (unpaired) electrons. The first-order valence-electron chi connectivity index (χ1n) is 11.9. The SMILES string of the molecule is Cc1ccc(C(=O)Nc2cccc([C@@H]3OC(=O)N(Cc4cccc(Cl)c4)[C@@H]3C(=O)NC3CC3)c2)cc1. The molecule has 36 heavy (non-hydrogen) atoms. The lowest BCUT2D eigenvalue weighted by Crippen LogP contribution is -2.46. The maximum absolute atomic E-state index is 13.3. The number of halogens is 1. The Kier molecular flexibility index (Phi) is 6.65. The van der Waals surface area contributed by atoms with Gasteiger partial charge in [0.25, 0.3) is 5.91 Å². The molecule has 0 aromatic heterocycles. The molecular weight excluding hydrogens is 478 g/mol. The van der Waals surface area contributed by atoms with Gasteiger partial charge in [-0.25, -0.2) is 4.79 Å². The Morgan fingerprint density at radius 2 is 1.78 bits per heavy atom. The number of cyclic esters (lactones) is 1. The van der Waals surface area contributed by atoms with Crippen LogP contribution in [0.25, 0.3) is 0 Å². The lowest BCUT2D eigenvalue weighted by molar-refractivity contribution is -0.126. The average Bonchev–Trinajstić information content (AvgIpc) is 3.61. The minimum atomic E-state index is -0.861. The highest BCUT2D eigenvalue weighted by Crippen LogP contribution is 2.36. The van der Waals surface area contributed by atoms with Gasteiger partial charge in [0.2, 0.25) is 5.91 Å². The summed E-state index contributed by atoms with van der Waals surface area (Å²) in [5.41, 5.74) is 3.56. The van der Waals surface area contributed by atoms with Gasteiger partial charge in [0.1, 0.15) is 0 Å². The van der Waals surface area contributed by atoms with Gasteiger partial charge in [-0.15, -0.1) is 0 Å². The fourth-order valence-corrected chi connectivity index (χ4v) is 4.47. The average molecular weight is 504 g/mol. The summed E-state index contributed by atoms with van der Waals surface area (Å²) in [5.74, 6) is -0.509. The Morgan fingerprint density at radius 3 is 2.50 bits per heavy atom. The first-order valence-corrected chi connectivity index (χ1v) is 12.3. The van der Waals surface area contributed by atoms with Crippen molar-refractivity contribution in [2.24, 2.45) is 0 Å². The van der Waals surface area contributed by atoms with Gasteiger partial charge in [0, 0.05) is 22.3 Å². The second-order valence-electron chi connectivity index (χ2n) is 9.24. The molecule has 2 N–H and O–H groups in total. The zero-order valence-electron chi connectivity index (χ0n) is 19.7. The molecule has 3 aromatic carbocycles. The predicted octanol–water partition coefficient (Wildman–Crippen LogP) is 5.24. The number of carbonyl (C=O) groups is 3. The van der Waals surface area contributed by atoms with Crippen LogP contribution in [-0.4, -0.2) is 34.9 Å². The molecule has 1 aliphatic carbocycles. The molecule has 8 heteroatoms. The van der Waals surface area contributed by atoms with Crippen molar-refractivity contribution in [3.05, 3.63) is 100 Å². The molecule has 1 saturated carbocycles. The molecule has 2 aliphatic rings. The van der Waals surface area contributed by atoms with Crippen LogP contribution in [0.1, 0.15) is 46.0 Å². The number of nitrogens with zero attached hydrogens (tertiary/aromatic N) is 1. The number of nitrogens with one attached hydrogen (secondary N) is 2. The fourth-order valence-electron chi connectivity index (χ4n) is 4.26. The first kappa shape index (κ1) is 23.9. The van der Waals surface area contributed by atoms with E-state index in [1.54, 1.807) is 54.6 Å². The number of benzene rings is 3. The highest BCUT2D eigenvalue weighted by Gasteiger charge is 2.48. The van der Waals surface area contributed by atoms with E-state index in [9.17, 15) is 14.4 Å². The van der Waals surface area contributed by atoms with E-state index in [4.69, 9.17) is 16.3 Å². The fraction of sp³-hybridized carbons (Fsp3) is 0.250. The number of rotatable bonds is 7. The Labute approximate surface area is 214 Å². The monoisotopic (exact) mass is 503 g/mol. The summed E-state index contributed by atoms with van der Waals surface area (Å²) in [5, 5.41) is 6.44. The number of aryl methyl sites for hydroxylation is 1. The van der Waals surface area contributed by atoms with E-state index in [0.717, 1.165) is 24.0 Å². The third kappa shape index (κ3) is 5.36. The highest BCUT2D eigenvalue weighted by atomic mass is 35.5. The molecule has 184 valence electrons. The van der Waals surface area contributed by atoms with Crippen LogP contribution in [-0.2, 0) is 16.1 Å². The van der Waals surface area contributed by atoms with Crippen LogP contribution < -0.4 is 10.6 Å². The van der Waals surface area contributed by atoms with Crippen molar-refractivity contribution < 1.29 is 19.1 Å². The van der Waals surface area contributed by atoms with Gasteiger partial charge in [-0.3, -0.25) is 14.5 Å². The highest BCUT2D eigenvalue weighted by molar-refractivity contribution is 6.30. The van der Waals surface area contributed by atoms with E-state index in [1.807, 2.05) is 25.1 Å². The molecule has 0 bridgehead atoms. The molecule has 1 aliphatic heterocycles. The van der Waals surface area contributed by atoms with Crippen molar-refractivity contribution >= 4 is 35.2 Å². The number of ether oxygens (including phenoxy) is 1. The molecule has 3 aromatic rings. The number of carbonyl (C=O) groups excluding carboxylic acids is 3. The molecule has 2 atom stereocenters.